The van der Waals surface area contributed by atoms with Crippen molar-refractivity contribution in [1.29, 1.82) is 5.26 Å². The van der Waals surface area contributed by atoms with Crippen molar-refractivity contribution in [3.63, 3.8) is 0 Å². The van der Waals surface area contributed by atoms with Crippen LogP contribution in [0.25, 0.3) is 0 Å². The van der Waals surface area contributed by atoms with E-state index in [1.165, 1.54) is 18.0 Å². The fourth-order valence-electron chi connectivity index (χ4n) is 2.28. The second kappa shape index (κ2) is 6.03. The Morgan fingerprint density at radius 2 is 2.14 bits per heavy atom. The largest absolute Gasteiger partial charge is 0.382 e. The average Bonchev–Trinajstić information content (AvgIpc) is 2.89. The number of aromatic nitrogens is 2. The summed E-state index contributed by atoms with van der Waals surface area (Å²) in [5.41, 5.74) is 6.82. The van der Waals surface area contributed by atoms with Crippen LogP contribution in [0.4, 0.5) is 11.5 Å². The molecule has 1 aliphatic rings. The first-order valence-corrected chi connectivity index (χ1v) is 7.62. The van der Waals surface area contributed by atoms with Gasteiger partial charge >= 0.3 is 0 Å². The van der Waals surface area contributed by atoms with Gasteiger partial charge in [-0.25, -0.2) is 9.97 Å². The lowest BCUT2D eigenvalue weighted by atomic mass is 10.3. The quantitative estimate of drug-likeness (QED) is 0.869. The third-order valence-corrected chi connectivity index (χ3v) is 4.52. The topological polar surface area (TPSA) is 95.9 Å². The standard InChI is InChI=1S/C15H13N5OS/c16-8-10-9-18-15(19-13(10)17)22-12-6-7-20(14(12)21)11-4-2-1-3-5-11/h1-5,9,12H,6-7H2,(H2,17,18,19)/t12-/m1/s1. The maximum absolute atomic E-state index is 12.5. The highest BCUT2D eigenvalue weighted by molar-refractivity contribution is 8.00. The molecule has 0 unspecified atom stereocenters. The maximum Gasteiger partial charge on any atom is 0.240 e. The van der Waals surface area contributed by atoms with Crippen molar-refractivity contribution in [1.82, 2.24) is 9.97 Å². The van der Waals surface area contributed by atoms with E-state index in [1.807, 2.05) is 36.4 Å². The van der Waals surface area contributed by atoms with Crippen molar-refractivity contribution in [2.75, 3.05) is 17.2 Å². The Balaban J connectivity index is 1.74. The average molecular weight is 311 g/mol. The number of nitrogens with zero attached hydrogens (tertiary/aromatic N) is 4. The van der Waals surface area contributed by atoms with Crippen molar-refractivity contribution in [2.24, 2.45) is 0 Å². The van der Waals surface area contributed by atoms with E-state index in [4.69, 9.17) is 11.0 Å². The summed E-state index contributed by atoms with van der Waals surface area (Å²) >= 11 is 1.29. The third kappa shape index (κ3) is 2.73. The fourth-order valence-corrected chi connectivity index (χ4v) is 3.25. The fraction of sp³-hybridized carbons (Fsp3) is 0.200. The highest BCUT2D eigenvalue weighted by atomic mass is 32.2. The number of anilines is 2. The highest BCUT2D eigenvalue weighted by Gasteiger charge is 2.33. The van der Waals surface area contributed by atoms with E-state index in [2.05, 4.69) is 9.97 Å². The Hall–Kier alpha value is -2.59. The van der Waals surface area contributed by atoms with E-state index in [-0.39, 0.29) is 22.5 Å². The first kappa shape index (κ1) is 14.4. The lowest BCUT2D eigenvalue weighted by Gasteiger charge is -2.16. The smallest absolute Gasteiger partial charge is 0.240 e. The molecule has 1 fully saturated rings. The number of para-hydroxylation sites is 1. The monoisotopic (exact) mass is 311 g/mol. The first-order valence-electron chi connectivity index (χ1n) is 6.74. The number of thioether (sulfide) groups is 1. The molecule has 3 rings (SSSR count). The molecule has 110 valence electrons. The molecule has 1 atom stereocenters. The van der Waals surface area contributed by atoms with Gasteiger partial charge in [-0.1, -0.05) is 30.0 Å². The number of hydrogen-bond acceptors (Lipinski definition) is 6. The number of hydrogen-bond donors (Lipinski definition) is 1. The Labute approximate surface area is 132 Å². The van der Waals surface area contributed by atoms with Gasteiger partial charge in [0.25, 0.3) is 0 Å². The van der Waals surface area contributed by atoms with Gasteiger partial charge in [-0.15, -0.1) is 0 Å². The van der Waals surface area contributed by atoms with Crippen molar-refractivity contribution < 1.29 is 4.79 Å². The summed E-state index contributed by atoms with van der Waals surface area (Å²) in [5, 5.41) is 9.01. The van der Waals surface area contributed by atoms with Crippen molar-refractivity contribution in [2.45, 2.75) is 16.8 Å². The Morgan fingerprint density at radius 1 is 1.36 bits per heavy atom. The molecule has 1 aromatic heterocycles. The van der Waals surface area contributed by atoms with Crippen LogP contribution < -0.4 is 10.6 Å². The molecule has 0 radical (unpaired) electrons. The summed E-state index contributed by atoms with van der Waals surface area (Å²) in [7, 11) is 0. The molecule has 2 heterocycles. The summed E-state index contributed by atoms with van der Waals surface area (Å²) in [6.07, 6.45) is 2.11. The van der Waals surface area contributed by atoms with Crippen LogP contribution in [0.5, 0.6) is 0 Å². The van der Waals surface area contributed by atoms with E-state index in [0.717, 1.165) is 12.1 Å². The molecule has 22 heavy (non-hydrogen) atoms. The van der Waals surface area contributed by atoms with Crippen LogP contribution in [0.15, 0.2) is 41.7 Å². The number of carbonyl (C=O) groups excluding carboxylic acids is 1. The summed E-state index contributed by atoms with van der Waals surface area (Å²) in [6, 6.07) is 11.5. The van der Waals surface area contributed by atoms with Gasteiger partial charge in [-0.05, 0) is 18.6 Å². The molecule has 0 saturated carbocycles. The zero-order chi connectivity index (χ0) is 15.5. The van der Waals surface area contributed by atoms with Gasteiger partial charge in [0.1, 0.15) is 17.5 Å². The van der Waals surface area contributed by atoms with Crippen molar-refractivity contribution in [3.8, 4) is 6.07 Å². The van der Waals surface area contributed by atoms with E-state index in [9.17, 15) is 4.79 Å². The minimum atomic E-state index is -0.229. The Morgan fingerprint density at radius 3 is 2.82 bits per heavy atom. The molecular weight excluding hydrogens is 298 g/mol. The minimum absolute atomic E-state index is 0.0442. The van der Waals surface area contributed by atoms with Gasteiger partial charge in [0.05, 0.1) is 11.4 Å². The zero-order valence-corrected chi connectivity index (χ0v) is 12.5. The second-order valence-corrected chi connectivity index (χ2v) is 5.95. The van der Waals surface area contributed by atoms with Crippen LogP contribution in [-0.2, 0) is 4.79 Å². The SMILES string of the molecule is N#Cc1cnc(S[C@@H]2CCN(c3ccccc3)C2=O)nc1N. The minimum Gasteiger partial charge on any atom is -0.382 e. The van der Waals surface area contributed by atoms with Crippen LogP contribution in [0.2, 0.25) is 0 Å². The summed E-state index contributed by atoms with van der Waals surface area (Å²) in [5.74, 6) is 0.188. The molecule has 6 nitrogen and oxygen atoms in total. The number of nitriles is 1. The summed E-state index contributed by atoms with van der Waals surface area (Å²) in [4.78, 5) is 22.4. The second-order valence-electron chi connectivity index (χ2n) is 4.78. The van der Waals surface area contributed by atoms with Crippen molar-refractivity contribution >= 4 is 29.2 Å². The predicted molar refractivity (Wildman–Crippen MR) is 84.2 cm³/mol. The molecule has 0 bridgehead atoms. The number of nitrogens with two attached hydrogens (primary N) is 1. The first-order chi connectivity index (χ1) is 10.7. The van der Waals surface area contributed by atoms with Crippen LogP contribution in [0, 0.1) is 11.3 Å². The van der Waals surface area contributed by atoms with Crippen LogP contribution in [0.3, 0.4) is 0 Å². The predicted octanol–water partition coefficient (Wildman–Crippen LogP) is 1.83. The molecule has 0 aliphatic carbocycles. The summed E-state index contributed by atoms with van der Waals surface area (Å²) < 4.78 is 0. The molecule has 1 aliphatic heterocycles. The Kier molecular flexibility index (Phi) is 3.94. The van der Waals surface area contributed by atoms with Gasteiger partial charge in [0.2, 0.25) is 5.91 Å². The van der Waals surface area contributed by atoms with Gasteiger partial charge < -0.3 is 10.6 Å². The maximum atomic E-state index is 12.5. The Bertz CT molecular complexity index is 743. The molecule has 2 aromatic rings. The normalized spacial score (nSPS) is 17.5. The van der Waals surface area contributed by atoms with Gasteiger partial charge in [-0.2, -0.15) is 5.26 Å². The molecule has 1 saturated heterocycles. The summed E-state index contributed by atoms with van der Waals surface area (Å²) in [6.45, 7) is 0.673. The van der Waals surface area contributed by atoms with Crippen LogP contribution >= 0.6 is 11.8 Å². The van der Waals surface area contributed by atoms with Gasteiger partial charge in [0.15, 0.2) is 5.16 Å². The third-order valence-electron chi connectivity index (χ3n) is 3.39. The lowest BCUT2D eigenvalue weighted by molar-refractivity contribution is -0.116. The van der Waals surface area contributed by atoms with Crippen LogP contribution in [0.1, 0.15) is 12.0 Å². The molecule has 1 aromatic carbocycles. The lowest BCUT2D eigenvalue weighted by Crippen LogP contribution is -2.28. The zero-order valence-electron chi connectivity index (χ0n) is 11.6. The van der Waals surface area contributed by atoms with Crippen molar-refractivity contribution in [3.05, 3.63) is 42.1 Å². The van der Waals surface area contributed by atoms with Gasteiger partial charge in [0, 0.05) is 12.2 Å². The molecule has 1 amide bonds. The number of nitrogen functional groups attached to an aromatic ring is 1. The van der Waals surface area contributed by atoms with Crippen LogP contribution in [-0.4, -0.2) is 27.7 Å². The van der Waals surface area contributed by atoms with E-state index in [0.29, 0.717) is 11.7 Å². The number of rotatable bonds is 3. The van der Waals surface area contributed by atoms with E-state index in [1.54, 1.807) is 4.90 Å². The molecular formula is C15H13N5OS. The highest BCUT2D eigenvalue weighted by Crippen LogP contribution is 2.31. The molecule has 2 N–H and O–H groups in total. The van der Waals surface area contributed by atoms with Gasteiger partial charge in [-0.3, -0.25) is 4.79 Å². The van der Waals surface area contributed by atoms with E-state index < -0.39 is 0 Å². The van der Waals surface area contributed by atoms with E-state index >= 15 is 0 Å². The number of benzene rings is 1. The number of carbonyl (C=O) groups is 1. The molecule has 0 spiro atoms. The molecule has 7 heteroatoms. The number of amides is 1.